The predicted octanol–water partition coefficient (Wildman–Crippen LogP) is 2.60. The highest BCUT2D eigenvalue weighted by molar-refractivity contribution is 9.10. The molecule has 1 aliphatic rings. The van der Waals surface area contributed by atoms with Crippen LogP contribution in [0.3, 0.4) is 0 Å². The van der Waals surface area contributed by atoms with Gasteiger partial charge in [0.05, 0.1) is 35.3 Å². The number of fused-ring (bicyclic) bond motifs is 3. The molecule has 1 atom stereocenters. The van der Waals surface area contributed by atoms with Crippen LogP contribution in [0.25, 0.3) is 21.8 Å². The Kier molecular flexibility index (Phi) is 2.68. The zero-order chi connectivity index (χ0) is 13.7. The summed E-state index contributed by atoms with van der Waals surface area (Å²) in [6, 6.07) is 6.11. The summed E-state index contributed by atoms with van der Waals surface area (Å²) in [6.07, 6.45) is 2.58. The molecule has 4 rings (SSSR count). The van der Waals surface area contributed by atoms with E-state index in [9.17, 15) is 4.79 Å². The average molecular weight is 334 g/mol. The topological polar surface area (TPSA) is 59.9 Å². The lowest BCUT2D eigenvalue weighted by molar-refractivity contribution is 0.185. The van der Waals surface area contributed by atoms with E-state index in [0.717, 1.165) is 33.9 Å². The van der Waals surface area contributed by atoms with Gasteiger partial charge in [-0.05, 0) is 24.6 Å². The smallest absolute Gasteiger partial charge is 0.259 e. The molecule has 102 valence electrons. The van der Waals surface area contributed by atoms with Crippen molar-refractivity contribution in [2.75, 3.05) is 13.2 Å². The van der Waals surface area contributed by atoms with Gasteiger partial charge in [-0.2, -0.15) is 5.10 Å². The summed E-state index contributed by atoms with van der Waals surface area (Å²) in [5.41, 5.74) is 1.61. The predicted molar refractivity (Wildman–Crippen MR) is 80.0 cm³/mol. The summed E-state index contributed by atoms with van der Waals surface area (Å²) in [6.45, 7) is 1.40. The summed E-state index contributed by atoms with van der Waals surface area (Å²) >= 11 is 3.43. The van der Waals surface area contributed by atoms with Crippen LogP contribution in [0, 0.1) is 0 Å². The minimum Gasteiger partial charge on any atom is -0.379 e. The summed E-state index contributed by atoms with van der Waals surface area (Å²) < 4.78 is 8.32. The first-order valence-electron chi connectivity index (χ1n) is 6.50. The molecule has 0 spiro atoms. The molecular weight excluding hydrogens is 322 g/mol. The number of ether oxygens (including phenoxy) is 1. The van der Waals surface area contributed by atoms with Gasteiger partial charge in [0.25, 0.3) is 5.56 Å². The Morgan fingerprint density at radius 2 is 2.30 bits per heavy atom. The molecule has 1 saturated heterocycles. The molecular formula is C14H12BrN3O2. The first-order valence-corrected chi connectivity index (χ1v) is 7.30. The number of rotatable bonds is 1. The Morgan fingerprint density at radius 1 is 1.40 bits per heavy atom. The first-order chi connectivity index (χ1) is 9.74. The number of hydrogen-bond donors (Lipinski definition) is 1. The van der Waals surface area contributed by atoms with Crippen LogP contribution in [0.5, 0.6) is 0 Å². The minimum absolute atomic E-state index is 0.101. The van der Waals surface area contributed by atoms with Gasteiger partial charge >= 0.3 is 0 Å². The van der Waals surface area contributed by atoms with Gasteiger partial charge in [0, 0.05) is 16.5 Å². The van der Waals surface area contributed by atoms with Crippen LogP contribution in [0.2, 0.25) is 0 Å². The fourth-order valence-electron chi connectivity index (χ4n) is 2.80. The third-order valence-electron chi connectivity index (χ3n) is 3.78. The zero-order valence-electron chi connectivity index (χ0n) is 10.6. The Balaban J connectivity index is 2.11. The van der Waals surface area contributed by atoms with Crippen molar-refractivity contribution in [2.45, 2.75) is 12.5 Å². The molecule has 1 aromatic carbocycles. The SMILES string of the molecule is O=c1[nH]c2cc(Br)ccc2c2c1cnn2C1CCOC1. The zero-order valence-corrected chi connectivity index (χ0v) is 12.2. The van der Waals surface area contributed by atoms with Crippen LogP contribution >= 0.6 is 15.9 Å². The van der Waals surface area contributed by atoms with Crippen LogP contribution < -0.4 is 5.56 Å². The highest BCUT2D eigenvalue weighted by atomic mass is 79.9. The Morgan fingerprint density at radius 3 is 3.10 bits per heavy atom. The molecule has 6 heteroatoms. The van der Waals surface area contributed by atoms with E-state index in [4.69, 9.17) is 4.74 Å². The van der Waals surface area contributed by atoms with Crippen LogP contribution in [0.15, 0.2) is 33.7 Å². The maximum atomic E-state index is 12.2. The van der Waals surface area contributed by atoms with Crippen molar-refractivity contribution in [3.63, 3.8) is 0 Å². The van der Waals surface area contributed by atoms with Crippen molar-refractivity contribution in [1.82, 2.24) is 14.8 Å². The Bertz CT molecular complexity index is 862. The van der Waals surface area contributed by atoms with E-state index in [-0.39, 0.29) is 11.6 Å². The molecule has 2 aromatic heterocycles. The average Bonchev–Trinajstić information content (AvgIpc) is 3.07. The molecule has 20 heavy (non-hydrogen) atoms. The van der Waals surface area contributed by atoms with Crippen molar-refractivity contribution in [2.24, 2.45) is 0 Å². The van der Waals surface area contributed by atoms with Crippen molar-refractivity contribution >= 4 is 37.7 Å². The molecule has 0 aliphatic carbocycles. The molecule has 3 heterocycles. The summed E-state index contributed by atoms with van der Waals surface area (Å²) in [4.78, 5) is 15.1. The second kappa shape index (κ2) is 4.43. The first kappa shape index (κ1) is 12.1. The summed E-state index contributed by atoms with van der Waals surface area (Å²) in [5.74, 6) is 0. The van der Waals surface area contributed by atoms with Gasteiger partial charge in [0.1, 0.15) is 0 Å². The normalized spacial score (nSPS) is 19.1. The molecule has 1 unspecified atom stereocenters. The van der Waals surface area contributed by atoms with Crippen molar-refractivity contribution in [3.05, 3.63) is 39.2 Å². The summed E-state index contributed by atoms with van der Waals surface area (Å²) in [5, 5.41) is 6.05. The maximum Gasteiger partial charge on any atom is 0.259 e. The lowest BCUT2D eigenvalue weighted by Gasteiger charge is -2.11. The van der Waals surface area contributed by atoms with Crippen LogP contribution in [-0.4, -0.2) is 28.0 Å². The number of aromatic amines is 1. The minimum atomic E-state index is -0.101. The Hall–Kier alpha value is -1.66. The highest BCUT2D eigenvalue weighted by Crippen LogP contribution is 2.28. The number of H-pyrrole nitrogens is 1. The number of pyridine rings is 1. The number of hydrogen-bond acceptors (Lipinski definition) is 3. The van der Waals surface area contributed by atoms with Gasteiger partial charge in [-0.1, -0.05) is 15.9 Å². The van der Waals surface area contributed by atoms with Crippen LogP contribution in [-0.2, 0) is 4.74 Å². The van der Waals surface area contributed by atoms with Crippen molar-refractivity contribution < 1.29 is 4.74 Å². The van der Waals surface area contributed by atoms with Crippen LogP contribution in [0.1, 0.15) is 12.5 Å². The standard InChI is InChI=1S/C14H12BrN3O2/c15-8-1-2-10-12(5-8)17-14(19)11-6-16-18(13(10)11)9-3-4-20-7-9/h1-2,5-6,9H,3-4,7H2,(H,17,19). The quantitative estimate of drug-likeness (QED) is 0.744. The van der Waals surface area contributed by atoms with E-state index >= 15 is 0 Å². The van der Waals surface area contributed by atoms with Gasteiger partial charge in [-0.25, -0.2) is 0 Å². The highest BCUT2D eigenvalue weighted by Gasteiger charge is 2.22. The molecule has 3 aromatic rings. The molecule has 0 amide bonds. The fourth-order valence-corrected chi connectivity index (χ4v) is 3.17. The van der Waals surface area contributed by atoms with Gasteiger partial charge in [0.15, 0.2) is 0 Å². The molecule has 1 fully saturated rings. The van der Waals surface area contributed by atoms with Gasteiger partial charge in [0.2, 0.25) is 0 Å². The largest absolute Gasteiger partial charge is 0.379 e. The fraction of sp³-hybridized carbons (Fsp3) is 0.286. The number of aromatic nitrogens is 3. The maximum absolute atomic E-state index is 12.2. The van der Waals surface area contributed by atoms with E-state index in [1.165, 1.54) is 0 Å². The van der Waals surface area contributed by atoms with Gasteiger partial charge < -0.3 is 9.72 Å². The molecule has 1 N–H and O–H groups in total. The van der Waals surface area contributed by atoms with E-state index in [0.29, 0.717) is 12.0 Å². The molecule has 5 nitrogen and oxygen atoms in total. The van der Waals surface area contributed by atoms with Gasteiger partial charge in [-0.15, -0.1) is 0 Å². The number of halogens is 1. The second-order valence-corrected chi connectivity index (χ2v) is 5.93. The third-order valence-corrected chi connectivity index (χ3v) is 4.27. The van der Waals surface area contributed by atoms with E-state index in [2.05, 4.69) is 26.0 Å². The van der Waals surface area contributed by atoms with Gasteiger partial charge in [-0.3, -0.25) is 9.48 Å². The molecule has 0 radical (unpaired) electrons. The molecule has 0 saturated carbocycles. The van der Waals surface area contributed by atoms with Crippen molar-refractivity contribution in [3.8, 4) is 0 Å². The van der Waals surface area contributed by atoms with Crippen molar-refractivity contribution in [1.29, 1.82) is 0 Å². The lowest BCUT2D eigenvalue weighted by Crippen LogP contribution is -2.12. The lowest BCUT2D eigenvalue weighted by atomic mass is 10.1. The number of nitrogens with zero attached hydrogens (tertiary/aromatic N) is 2. The second-order valence-electron chi connectivity index (χ2n) is 5.01. The summed E-state index contributed by atoms with van der Waals surface area (Å²) in [7, 11) is 0. The monoisotopic (exact) mass is 333 g/mol. The van der Waals surface area contributed by atoms with Crippen LogP contribution in [0.4, 0.5) is 0 Å². The van der Waals surface area contributed by atoms with E-state index < -0.39 is 0 Å². The number of benzene rings is 1. The van der Waals surface area contributed by atoms with E-state index in [1.807, 2.05) is 22.9 Å². The molecule has 1 aliphatic heterocycles. The number of nitrogens with one attached hydrogen (secondary N) is 1. The Labute approximate surface area is 122 Å². The third kappa shape index (κ3) is 1.72. The van der Waals surface area contributed by atoms with E-state index in [1.54, 1.807) is 6.20 Å². The molecule has 0 bridgehead atoms.